The van der Waals surface area contributed by atoms with Gasteiger partial charge in [-0.2, -0.15) is 13.2 Å². The van der Waals surface area contributed by atoms with Crippen LogP contribution in [0.1, 0.15) is 46.5 Å². The summed E-state index contributed by atoms with van der Waals surface area (Å²) in [5.74, 6) is -1.14. The van der Waals surface area contributed by atoms with Gasteiger partial charge in [0.1, 0.15) is 5.60 Å². The van der Waals surface area contributed by atoms with E-state index < -0.39 is 17.7 Å². The Balaban J connectivity index is 1.76. The Kier molecular flexibility index (Phi) is 5.48. The van der Waals surface area contributed by atoms with Gasteiger partial charge in [0.05, 0.1) is 5.92 Å². The molecule has 23 heavy (non-hydrogen) atoms. The first-order valence-corrected chi connectivity index (χ1v) is 8.35. The van der Waals surface area contributed by atoms with Gasteiger partial charge < -0.3 is 9.64 Å². The number of amides is 1. The Morgan fingerprint density at radius 1 is 0.957 bits per heavy atom. The third-order valence-corrected chi connectivity index (χ3v) is 4.64. The highest BCUT2D eigenvalue weighted by molar-refractivity contribution is 5.68. The predicted octanol–water partition coefficient (Wildman–Crippen LogP) is 3.66. The van der Waals surface area contributed by atoms with Gasteiger partial charge in [0, 0.05) is 32.2 Å². The molecule has 7 heteroatoms. The summed E-state index contributed by atoms with van der Waals surface area (Å²) in [4.78, 5) is 15.9. The Morgan fingerprint density at radius 3 is 1.91 bits per heavy atom. The molecule has 2 fully saturated rings. The van der Waals surface area contributed by atoms with Crippen molar-refractivity contribution in [2.24, 2.45) is 5.92 Å². The van der Waals surface area contributed by atoms with E-state index in [-0.39, 0.29) is 25.0 Å². The van der Waals surface area contributed by atoms with Gasteiger partial charge in [0.15, 0.2) is 0 Å². The van der Waals surface area contributed by atoms with Gasteiger partial charge in [0.2, 0.25) is 0 Å². The number of alkyl halides is 3. The molecule has 0 aromatic rings. The van der Waals surface area contributed by atoms with Crippen LogP contribution in [0.2, 0.25) is 0 Å². The third kappa shape index (κ3) is 5.26. The van der Waals surface area contributed by atoms with Crippen molar-refractivity contribution in [1.29, 1.82) is 0 Å². The topological polar surface area (TPSA) is 32.8 Å². The van der Waals surface area contributed by atoms with Crippen molar-refractivity contribution in [2.75, 3.05) is 26.2 Å². The Bertz CT molecular complexity index is 405. The number of piperazine rings is 1. The first-order valence-electron chi connectivity index (χ1n) is 8.35. The maximum atomic E-state index is 12.7. The molecule has 1 saturated carbocycles. The standard InChI is InChI=1S/C16H27F3N2O2/c1-15(2,3)23-14(22)21-10-8-20(9-11-21)13-6-4-12(5-7-13)16(17,18)19/h12-13H,4-11H2,1-3H3. The van der Waals surface area contributed by atoms with Crippen LogP contribution >= 0.6 is 0 Å². The number of carbonyl (C=O) groups excluding carboxylic acids is 1. The van der Waals surface area contributed by atoms with Gasteiger partial charge in [0.25, 0.3) is 0 Å². The molecule has 0 aromatic heterocycles. The van der Waals surface area contributed by atoms with E-state index in [1.807, 2.05) is 20.8 Å². The molecular formula is C16H27F3N2O2. The van der Waals surface area contributed by atoms with Crippen molar-refractivity contribution >= 4 is 6.09 Å². The highest BCUT2D eigenvalue weighted by Gasteiger charge is 2.42. The Morgan fingerprint density at radius 2 is 1.48 bits per heavy atom. The lowest BCUT2D eigenvalue weighted by Gasteiger charge is -2.42. The number of ether oxygens (including phenoxy) is 1. The monoisotopic (exact) mass is 336 g/mol. The molecule has 1 aliphatic carbocycles. The summed E-state index contributed by atoms with van der Waals surface area (Å²) in [7, 11) is 0. The average Bonchev–Trinajstić information content (AvgIpc) is 2.45. The normalized spacial score (nSPS) is 27.8. The molecule has 0 bridgehead atoms. The molecule has 1 amide bonds. The summed E-state index contributed by atoms with van der Waals surface area (Å²) < 4.78 is 43.5. The molecule has 134 valence electrons. The molecule has 1 heterocycles. The van der Waals surface area contributed by atoms with Gasteiger partial charge in [-0.3, -0.25) is 4.90 Å². The molecule has 4 nitrogen and oxygen atoms in total. The highest BCUT2D eigenvalue weighted by Crippen LogP contribution is 2.38. The molecule has 0 spiro atoms. The molecule has 0 N–H and O–H groups in total. The van der Waals surface area contributed by atoms with Crippen LogP contribution in [0.5, 0.6) is 0 Å². The maximum Gasteiger partial charge on any atom is 0.410 e. The van der Waals surface area contributed by atoms with Crippen LogP contribution in [-0.4, -0.2) is 59.9 Å². The number of rotatable bonds is 1. The molecule has 0 aromatic carbocycles. The molecule has 0 atom stereocenters. The van der Waals surface area contributed by atoms with Crippen molar-refractivity contribution in [3.63, 3.8) is 0 Å². The van der Waals surface area contributed by atoms with Gasteiger partial charge in [-0.15, -0.1) is 0 Å². The number of hydrogen-bond donors (Lipinski definition) is 0. The largest absolute Gasteiger partial charge is 0.444 e. The summed E-state index contributed by atoms with van der Waals surface area (Å²) >= 11 is 0. The van der Waals surface area contributed by atoms with Gasteiger partial charge in [-0.1, -0.05) is 0 Å². The van der Waals surface area contributed by atoms with Crippen LogP contribution in [0.15, 0.2) is 0 Å². The van der Waals surface area contributed by atoms with E-state index in [9.17, 15) is 18.0 Å². The first-order chi connectivity index (χ1) is 10.6. The zero-order chi connectivity index (χ0) is 17.3. The molecule has 0 unspecified atom stereocenters. The van der Waals surface area contributed by atoms with Crippen molar-refractivity contribution in [2.45, 2.75) is 64.3 Å². The summed E-state index contributed by atoms with van der Waals surface area (Å²) in [5, 5.41) is 0. The maximum absolute atomic E-state index is 12.7. The minimum Gasteiger partial charge on any atom is -0.444 e. The smallest absolute Gasteiger partial charge is 0.410 e. The van der Waals surface area contributed by atoms with Crippen LogP contribution in [0.25, 0.3) is 0 Å². The van der Waals surface area contributed by atoms with Crippen molar-refractivity contribution in [1.82, 2.24) is 9.80 Å². The predicted molar refractivity (Wildman–Crippen MR) is 81.2 cm³/mol. The average molecular weight is 336 g/mol. The lowest BCUT2D eigenvalue weighted by molar-refractivity contribution is -0.184. The lowest BCUT2D eigenvalue weighted by Crippen LogP contribution is -2.53. The van der Waals surface area contributed by atoms with E-state index in [2.05, 4.69) is 4.90 Å². The second-order valence-electron chi connectivity index (χ2n) is 7.55. The lowest BCUT2D eigenvalue weighted by atomic mass is 9.84. The SMILES string of the molecule is CC(C)(C)OC(=O)N1CCN(C2CCC(C(F)(F)F)CC2)CC1. The van der Waals surface area contributed by atoms with E-state index in [1.165, 1.54) is 0 Å². The van der Waals surface area contributed by atoms with Crippen molar-refractivity contribution < 1.29 is 22.7 Å². The quantitative estimate of drug-likeness (QED) is 0.733. The number of nitrogens with zero attached hydrogens (tertiary/aromatic N) is 2. The molecule has 0 radical (unpaired) electrons. The van der Waals surface area contributed by atoms with Crippen LogP contribution < -0.4 is 0 Å². The fraction of sp³-hybridized carbons (Fsp3) is 0.938. The number of hydrogen-bond acceptors (Lipinski definition) is 3. The Labute approximate surface area is 135 Å². The summed E-state index contributed by atoms with van der Waals surface area (Å²) in [6.45, 7) is 8.07. The zero-order valence-electron chi connectivity index (χ0n) is 14.2. The van der Waals surface area contributed by atoms with Crippen LogP contribution in [0, 0.1) is 5.92 Å². The second-order valence-corrected chi connectivity index (χ2v) is 7.55. The minimum atomic E-state index is -4.06. The van der Waals surface area contributed by atoms with Gasteiger partial charge in [-0.05, 0) is 46.5 Å². The van der Waals surface area contributed by atoms with Crippen LogP contribution in [0.4, 0.5) is 18.0 Å². The minimum absolute atomic E-state index is 0.217. The van der Waals surface area contributed by atoms with Gasteiger partial charge in [-0.25, -0.2) is 4.79 Å². The van der Waals surface area contributed by atoms with Crippen molar-refractivity contribution in [3.05, 3.63) is 0 Å². The van der Waals surface area contributed by atoms with Gasteiger partial charge >= 0.3 is 12.3 Å². The fourth-order valence-corrected chi connectivity index (χ4v) is 3.36. The molecule has 2 aliphatic rings. The van der Waals surface area contributed by atoms with E-state index in [4.69, 9.17) is 4.74 Å². The number of halogens is 3. The van der Waals surface area contributed by atoms with Crippen molar-refractivity contribution in [3.8, 4) is 0 Å². The summed E-state index contributed by atoms with van der Waals surface area (Å²) in [6, 6.07) is 0.217. The fourth-order valence-electron chi connectivity index (χ4n) is 3.36. The molecular weight excluding hydrogens is 309 g/mol. The van der Waals surface area contributed by atoms with E-state index >= 15 is 0 Å². The second kappa shape index (κ2) is 6.87. The number of carbonyl (C=O) groups is 1. The van der Waals surface area contributed by atoms with Crippen LogP contribution in [0.3, 0.4) is 0 Å². The van der Waals surface area contributed by atoms with E-state index in [1.54, 1.807) is 4.90 Å². The van der Waals surface area contributed by atoms with E-state index in [0.29, 0.717) is 39.0 Å². The third-order valence-electron chi connectivity index (χ3n) is 4.64. The molecule has 1 aliphatic heterocycles. The van der Waals surface area contributed by atoms with E-state index in [0.717, 1.165) is 0 Å². The Hall–Kier alpha value is -0.980. The van der Waals surface area contributed by atoms with Crippen LogP contribution in [-0.2, 0) is 4.74 Å². The summed E-state index contributed by atoms with van der Waals surface area (Å²) in [5.41, 5.74) is -0.510. The highest BCUT2D eigenvalue weighted by atomic mass is 19.4. The zero-order valence-corrected chi connectivity index (χ0v) is 14.2. The molecule has 2 rings (SSSR count). The first kappa shape index (κ1) is 18.4. The molecule has 1 saturated heterocycles. The summed E-state index contributed by atoms with van der Waals surface area (Å²) in [6.07, 6.45) is -2.73.